The van der Waals surface area contributed by atoms with Crippen LogP contribution in [0, 0.1) is 0 Å². The van der Waals surface area contributed by atoms with Crippen molar-refractivity contribution in [1.82, 2.24) is 0 Å². The lowest BCUT2D eigenvalue weighted by atomic mass is 10.0. The van der Waals surface area contributed by atoms with Crippen LogP contribution in [0.2, 0.25) is 0 Å². The molecule has 188 valence electrons. The van der Waals surface area contributed by atoms with Crippen LogP contribution in [0.15, 0.2) is 12.2 Å². The van der Waals surface area contributed by atoms with E-state index in [0.29, 0.717) is 6.42 Å². The highest BCUT2D eigenvalue weighted by Crippen LogP contribution is 2.15. The van der Waals surface area contributed by atoms with E-state index >= 15 is 0 Å². The molecule has 0 aromatic rings. The average Bonchev–Trinajstić information content (AvgIpc) is 2.75. The molecule has 32 heavy (non-hydrogen) atoms. The molecule has 0 unspecified atom stereocenters. The zero-order valence-electron chi connectivity index (χ0n) is 20.8. The Balaban J connectivity index is 3.05. The molecule has 0 rings (SSSR count). The van der Waals surface area contributed by atoms with Crippen molar-refractivity contribution in [2.75, 3.05) is 0 Å². The summed E-state index contributed by atoms with van der Waals surface area (Å²) in [7, 11) is 0. The van der Waals surface area contributed by atoms with Gasteiger partial charge in [-0.1, -0.05) is 134 Å². The molecule has 0 amide bonds. The minimum atomic E-state index is -0.841. The molecular weight excluding hydrogens is 400 g/mol. The molecule has 4 nitrogen and oxygen atoms in total. The Morgan fingerprint density at radius 2 is 0.719 bits per heavy atom. The first-order valence-electron chi connectivity index (χ1n) is 13.7. The van der Waals surface area contributed by atoms with Gasteiger partial charge in [-0.15, -0.1) is 0 Å². The lowest BCUT2D eigenvalue weighted by Gasteiger charge is -2.04. The normalized spacial score (nSPS) is 11.4. The molecule has 0 heterocycles. The van der Waals surface area contributed by atoms with E-state index in [2.05, 4.69) is 0 Å². The van der Waals surface area contributed by atoms with Gasteiger partial charge < -0.3 is 10.2 Å². The van der Waals surface area contributed by atoms with Crippen molar-refractivity contribution in [3.05, 3.63) is 12.2 Å². The van der Waals surface area contributed by atoms with E-state index in [9.17, 15) is 9.59 Å². The van der Waals surface area contributed by atoms with Gasteiger partial charge in [0.15, 0.2) is 0 Å². The number of allylic oxidation sites excluding steroid dienone is 1. The van der Waals surface area contributed by atoms with Crippen molar-refractivity contribution >= 4 is 11.9 Å². The van der Waals surface area contributed by atoms with Crippen LogP contribution >= 0.6 is 0 Å². The van der Waals surface area contributed by atoms with E-state index < -0.39 is 11.9 Å². The number of unbranched alkanes of at least 4 members (excludes halogenated alkanes) is 22. The van der Waals surface area contributed by atoms with E-state index in [1.54, 1.807) is 6.08 Å². The highest BCUT2D eigenvalue weighted by molar-refractivity contribution is 5.79. The van der Waals surface area contributed by atoms with Gasteiger partial charge in [-0.05, 0) is 19.3 Å². The number of carboxylic acid groups (broad SMARTS) is 2. The Hall–Kier alpha value is -1.32. The second kappa shape index (κ2) is 25.9. The van der Waals surface area contributed by atoms with E-state index in [1.807, 2.05) is 0 Å². The second-order valence-corrected chi connectivity index (χ2v) is 9.45. The fourth-order valence-corrected chi connectivity index (χ4v) is 4.26. The number of hydrogen-bond acceptors (Lipinski definition) is 2. The quantitative estimate of drug-likeness (QED) is 0.101. The number of rotatable bonds is 26. The molecule has 0 fully saturated rings. The maximum atomic E-state index is 10.4. The number of hydrogen-bond donors (Lipinski definition) is 2. The van der Waals surface area contributed by atoms with Crippen molar-refractivity contribution in [2.24, 2.45) is 0 Å². The molecule has 2 N–H and O–H groups in total. The van der Waals surface area contributed by atoms with E-state index in [-0.39, 0.29) is 0 Å². The smallest absolute Gasteiger partial charge is 0.327 e. The first-order valence-corrected chi connectivity index (χ1v) is 13.7. The average molecular weight is 453 g/mol. The van der Waals surface area contributed by atoms with Gasteiger partial charge in [-0.25, -0.2) is 4.79 Å². The maximum absolute atomic E-state index is 10.4. The Labute approximate surface area is 198 Å². The molecule has 0 aliphatic heterocycles. The first-order chi connectivity index (χ1) is 15.6. The fraction of sp³-hybridized carbons (Fsp3) is 0.857. The first kappa shape index (κ1) is 30.7. The molecule has 0 aromatic heterocycles. The summed E-state index contributed by atoms with van der Waals surface area (Å²) in [6.45, 7) is 0. The van der Waals surface area contributed by atoms with Crippen LogP contribution in [0.4, 0.5) is 0 Å². The Kier molecular flexibility index (Phi) is 24.9. The van der Waals surface area contributed by atoms with Crippen molar-refractivity contribution in [2.45, 2.75) is 154 Å². The van der Waals surface area contributed by atoms with E-state index in [0.717, 1.165) is 25.7 Å². The van der Waals surface area contributed by atoms with Gasteiger partial charge in [0.1, 0.15) is 0 Å². The van der Waals surface area contributed by atoms with Crippen LogP contribution < -0.4 is 0 Å². The lowest BCUT2D eigenvalue weighted by molar-refractivity contribution is -0.137. The SMILES string of the molecule is O=C(O)C=CCCCCCCCCCCCCCCCCCCCCCCCCC(=O)O. The summed E-state index contributed by atoms with van der Waals surface area (Å²) in [4.78, 5) is 20.8. The third kappa shape index (κ3) is 28.7. The largest absolute Gasteiger partial charge is 0.481 e. The lowest BCUT2D eigenvalue weighted by Crippen LogP contribution is -1.93. The van der Waals surface area contributed by atoms with Gasteiger partial charge in [-0.3, -0.25) is 4.79 Å². The molecule has 0 radical (unpaired) electrons. The monoisotopic (exact) mass is 452 g/mol. The summed E-state index contributed by atoms with van der Waals surface area (Å²) in [5, 5.41) is 17.1. The molecule has 0 saturated carbocycles. The molecule has 0 aromatic carbocycles. The number of carboxylic acids is 2. The topological polar surface area (TPSA) is 74.6 Å². The number of aliphatic carboxylic acids is 2. The molecule has 0 atom stereocenters. The molecule has 0 saturated heterocycles. The minimum absolute atomic E-state index is 0.333. The predicted octanol–water partition coefficient (Wildman–Crippen LogP) is 9.07. The Morgan fingerprint density at radius 1 is 0.438 bits per heavy atom. The van der Waals surface area contributed by atoms with Crippen LogP contribution in [0.1, 0.15) is 154 Å². The fourth-order valence-electron chi connectivity index (χ4n) is 4.26. The van der Waals surface area contributed by atoms with Gasteiger partial charge in [0.2, 0.25) is 0 Å². The van der Waals surface area contributed by atoms with Crippen LogP contribution in [-0.4, -0.2) is 22.2 Å². The Morgan fingerprint density at radius 3 is 1.00 bits per heavy atom. The highest BCUT2D eigenvalue weighted by Gasteiger charge is 1.97. The summed E-state index contributed by atoms with van der Waals surface area (Å²) in [6.07, 6.45) is 33.0. The summed E-state index contributed by atoms with van der Waals surface area (Å²) in [5.41, 5.74) is 0. The molecule has 0 aliphatic rings. The maximum Gasteiger partial charge on any atom is 0.327 e. The van der Waals surface area contributed by atoms with Crippen molar-refractivity contribution < 1.29 is 19.8 Å². The number of carbonyl (C=O) groups is 2. The molecule has 4 heteroatoms. The molecule has 0 aliphatic carbocycles. The minimum Gasteiger partial charge on any atom is -0.481 e. The molecule has 0 spiro atoms. The van der Waals surface area contributed by atoms with E-state index in [1.165, 1.54) is 128 Å². The van der Waals surface area contributed by atoms with Crippen molar-refractivity contribution in [1.29, 1.82) is 0 Å². The van der Waals surface area contributed by atoms with Crippen LogP contribution in [0.5, 0.6) is 0 Å². The summed E-state index contributed by atoms with van der Waals surface area (Å²) < 4.78 is 0. The summed E-state index contributed by atoms with van der Waals surface area (Å²) >= 11 is 0. The zero-order chi connectivity index (χ0) is 23.5. The predicted molar refractivity (Wildman–Crippen MR) is 135 cm³/mol. The van der Waals surface area contributed by atoms with Gasteiger partial charge in [0, 0.05) is 12.5 Å². The summed E-state index contributed by atoms with van der Waals surface area (Å²) in [5.74, 6) is -1.50. The van der Waals surface area contributed by atoms with Crippen LogP contribution in [-0.2, 0) is 9.59 Å². The van der Waals surface area contributed by atoms with Gasteiger partial charge >= 0.3 is 11.9 Å². The third-order valence-electron chi connectivity index (χ3n) is 6.27. The molecular formula is C28H52O4. The van der Waals surface area contributed by atoms with E-state index in [4.69, 9.17) is 10.2 Å². The Bertz CT molecular complexity index is 445. The standard InChI is InChI=1S/C28H52O4/c29-27(30)25-23-21-19-17-15-13-11-9-7-5-3-1-2-4-6-8-10-12-14-16-18-20-22-24-26-28(31)32/h23,25H,1-22,24,26H2,(H,29,30)(H,31,32). The summed E-state index contributed by atoms with van der Waals surface area (Å²) in [6, 6.07) is 0. The zero-order valence-corrected chi connectivity index (χ0v) is 20.8. The molecule has 0 bridgehead atoms. The van der Waals surface area contributed by atoms with Crippen molar-refractivity contribution in [3.8, 4) is 0 Å². The third-order valence-corrected chi connectivity index (χ3v) is 6.27. The van der Waals surface area contributed by atoms with Crippen LogP contribution in [0.3, 0.4) is 0 Å². The van der Waals surface area contributed by atoms with Gasteiger partial charge in [0.25, 0.3) is 0 Å². The van der Waals surface area contributed by atoms with Gasteiger partial charge in [0.05, 0.1) is 0 Å². The van der Waals surface area contributed by atoms with Gasteiger partial charge in [-0.2, -0.15) is 0 Å². The second-order valence-electron chi connectivity index (χ2n) is 9.45. The highest BCUT2D eigenvalue weighted by atomic mass is 16.4. The van der Waals surface area contributed by atoms with Crippen LogP contribution in [0.25, 0.3) is 0 Å². The van der Waals surface area contributed by atoms with Crippen molar-refractivity contribution in [3.63, 3.8) is 0 Å².